The Morgan fingerprint density at radius 3 is 2.50 bits per heavy atom. The minimum Gasteiger partial charge on any atom is -0.494 e. The van der Waals surface area contributed by atoms with Gasteiger partial charge in [-0.15, -0.1) is 0 Å². The SMILES string of the molecule is OB(O)c1c(O)n(Sc2ccccc2)c2ncccc12. The first-order valence-electron chi connectivity index (χ1n) is 5.96. The molecular formula is C13H11BN2O3S. The molecule has 0 aliphatic rings. The summed E-state index contributed by atoms with van der Waals surface area (Å²) in [7, 11) is -1.75. The van der Waals surface area contributed by atoms with Gasteiger partial charge in [0.25, 0.3) is 0 Å². The van der Waals surface area contributed by atoms with Crippen molar-refractivity contribution in [2.45, 2.75) is 4.90 Å². The third kappa shape index (κ3) is 2.16. The molecule has 2 heterocycles. The van der Waals surface area contributed by atoms with Gasteiger partial charge in [0.05, 0.1) is 5.46 Å². The van der Waals surface area contributed by atoms with E-state index in [4.69, 9.17) is 0 Å². The number of hydrogen-bond donors (Lipinski definition) is 3. The molecule has 3 N–H and O–H groups in total. The Hall–Kier alpha value is -1.96. The van der Waals surface area contributed by atoms with E-state index in [-0.39, 0.29) is 11.3 Å². The summed E-state index contributed by atoms with van der Waals surface area (Å²) >= 11 is 1.26. The van der Waals surface area contributed by atoms with Crippen LogP contribution >= 0.6 is 11.9 Å². The highest BCUT2D eigenvalue weighted by atomic mass is 32.2. The number of pyridine rings is 1. The van der Waals surface area contributed by atoms with E-state index >= 15 is 0 Å². The number of fused-ring (bicyclic) bond motifs is 1. The van der Waals surface area contributed by atoms with Gasteiger partial charge < -0.3 is 15.2 Å². The predicted molar refractivity (Wildman–Crippen MR) is 78.9 cm³/mol. The number of aromatic nitrogens is 2. The van der Waals surface area contributed by atoms with Crippen molar-refractivity contribution < 1.29 is 15.2 Å². The molecule has 0 saturated heterocycles. The Kier molecular flexibility index (Phi) is 3.39. The number of benzene rings is 1. The van der Waals surface area contributed by atoms with Gasteiger partial charge in [0.2, 0.25) is 5.88 Å². The third-order valence-electron chi connectivity index (χ3n) is 2.90. The molecule has 1 aromatic carbocycles. The van der Waals surface area contributed by atoms with Crippen LogP contribution in [-0.4, -0.2) is 31.2 Å². The van der Waals surface area contributed by atoms with Gasteiger partial charge in [-0.25, -0.2) is 8.96 Å². The smallest absolute Gasteiger partial charge is 0.494 e. The average molecular weight is 286 g/mol. The Bertz CT molecular complexity index is 746. The summed E-state index contributed by atoms with van der Waals surface area (Å²) in [6, 6.07) is 12.9. The summed E-state index contributed by atoms with van der Waals surface area (Å²) < 4.78 is 1.49. The molecule has 20 heavy (non-hydrogen) atoms. The third-order valence-corrected chi connectivity index (χ3v) is 3.91. The van der Waals surface area contributed by atoms with E-state index in [0.717, 1.165) is 4.90 Å². The second-order valence-corrected chi connectivity index (χ2v) is 5.20. The van der Waals surface area contributed by atoms with Crippen LogP contribution < -0.4 is 5.46 Å². The summed E-state index contributed by atoms with van der Waals surface area (Å²) in [6.45, 7) is 0. The fraction of sp³-hybridized carbons (Fsp3) is 0. The molecule has 0 saturated carbocycles. The highest BCUT2D eigenvalue weighted by molar-refractivity contribution is 7.98. The Labute approximate surface area is 119 Å². The quantitative estimate of drug-likeness (QED) is 0.625. The molecule has 0 aliphatic heterocycles. The van der Waals surface area contributed by atoms with Gasteiger partial charge >= 0.3 is 7.12 Å². The number of aromatic hydroxyl groups is 1. The lowest BCUT2D eigenvalue weighted by Crippen LogP contribution is -2.29. The van der Waals surface area contributed by atoms with Gasteiger partial charge in [-0.2, -0.15) is 0 Å². The molecule has 0 bridgehead atoms. The lowest BCUT2D eigenvalue weighted by Gasteiger charge is -2.05. The Balaban J connectivity index is 2.18. The molecule has 0 unspecified atom stereocenters. The average Bonchev–Trinajstić information content (AvgIpc) is 2.73. The van der Waals surface area contributed by atoms with Crippen LogP contribution in [0.4, 0.5) is 0 Å². The molecule has 0 amide bonds. The molecule has 0 spiro atoms. The number of nitrogens with zero attached hydrogens (tertiary/aromatic N) is 2. The van der Waals surface area contributed by atoms with Crippen molar-refractivity contribution in [3.63, 3.8) is 0 Å². The molecule has 5 nitrogen and oxygen atoms in total. The van der Waals surface area contributed by atoms with Crippen molar-refractivity contribution in [3.8, 4) is 5.88 Å². The van der Waals surface area contributed by atoms with Crippen molar-refractivity contribution in [3.05, 3.63) is 48.7 Å². The van der Waals surface area contributed by atoms with Crippen LogP contribution in [0, 0.1) is 0 Å². The minimum atomic E-state index is -1.75. The van der Waals surface area contributed by atoms with Crippen LogP contribution in [0.25, 0.3) is 11.0 Å². The van der Waals surface area contributed by atoms with Crippen molar-refractivity contribution in [1.29, 1.82) is 0 Å². The zero-order valence-corrected chi connectivity index (χ0v) is 11.2. The van der Waals surface area contributed by atoms with Crippen LogP contribution in [0.2, 0.25) is 0 Å². The first-order chi connectivity index (χ1) is 9.68. The van der Waals surface area contributed by atoms with Gasteiger partial charge in [-0.3, -0.25) is 0 Å². The largest absolute Gasteiger partial charge is 0.494 e. The molecule has 0 aliphatic carbocycles. The molecular weight excluding hydrogens is 275 g/mol. The summed E-state index contributed by atoms with van der Waals surface area (Å²) in [6.07, 6.45) is 1.59. The van der Waals surface area contributed by atoms with Gasteiger partial charge in [-0.1, -0.05) is 18.2 Å². The first kappa shape index (κ1) is 13.0. The molecule has 0 atom stereocenters. The van der Waals surface area contributed by atoms with E-state index in [9.17, 15) is 15.2 Å². The van der Waals surface area contributed by atoms with Crippen LogP contribution in [-0.2, 0) is 0 Å². The molecule has 2 aromatic heterocycles. The molecule has 100 valence electrons. The molecule has 7 heteroatoms. The predicted octanol–water partition coefficient (Wildman–Crippen LogP) is 0.977. The number of rotatable bonds is 3. The maximum Gasteiger partial charge on any atom is 0.494 e. The zero-order valence-electron chi connectivity index (χ0n) is 10.3. The summed E-state index contributed by atoms with van der Waals surface area (Å²) in [4.78, 5) is 5.11. The van der Waals surface area contributed by atoms with E-state index in [1.165, 1.54) is 15.9 Å². The minimum absolute atomic E-state index is 0.0662. The standard InChI is InChI=1S/C13H11BN2O3S/c17-13-11(14(18)19)10-7-4-8-15-12(10)16(13)20-9-5-2-1-3-6-9/h1-8,17-19H. The van der Waals surface area contributed by atoms with Crippen molar-refractivity contribution in [1.82, 2.24) is 8.96 Å². The van der Waals surface area contributed by atoms with Crippen LogP contribution in [0.15, 0.2) is 53.6 Å². The van der Waals surface area contributed by atoms with E-state index < -0.39 is 7.12 Å². The van der Waals surface area contributed by atoms with Crippen LogP contribution in [0.1, 0.15) is 0 Å². The van der Waals surface area contributed by atoms with Crippen LogP contribution in [0.5, 0.6) is 5.88 Å². The van der Waals surface area contributed by atoms with Crippen molar-refractivity contribution >= 4 is 35.6 Å². The molecule has 0 fully saturated rings. The van der Waals surface area contributed by atoms with Gasteiger partial charge in [0.15, 0.2) is 5.65 Å². The molecule has 0 radical (unpaired) electrons. The van der Waals surface area contributed by atoms with E-state index in [1.807, 2.05) is 30.3 Å². The fourth-order valence-electron chi connectivity index (χ4n) is 2.03. The van der Waals surface area contributed by atoms with Gasteiger partial charge in [0, 0.05) is 16.5 Å². The topological polar surface area (TPSA) is 78.5 Å². The summed E-state index contributed by atoms with van der Waals surface area (Å²) in [5, 5.41) is 29.6. The Morgan fingerprint density at radius 2 is 1.80 bits per heavy atom. The van der Waals surface area contributed by atoms with E-state index in [2.05, 4.69) is 4.98 Å². The highest BCUT2D eigenvalue weighted by Crippen LogP contribution is 2.30. The first-order valence-corrected chi connectivity index (χ1v) is 6.73. The number of hydrogen-bond acceptors (Lipinski definition) is 5. The monoisotopic (exact) mass is 286 g/mol. The second kappa shape index (κ2) is 5.20. The molecule has 3 rings (SSSR count). The molecule has 3 aromatic rings. The van der Waals surface area contributed by atoms with Crippen molar-refractivity contribution in [2.75, 3.05) is 0 Å². The lowest BCUT2D eigenvalue weighted by molar-refractivity contribution is 0.417. The van der Waals surface area contributed by atoms with E-state index in [0.29, 0.717) is 11.0 Å². The van der Waals surface area contributed by atoms with E-state index in [1.54, 1.807) is 18.3 Å². The lowest BCUT2D eigenvalue weighted by atomic mass is 9.80. The normalized spacial score (nSPS) is 10.9. The highest BCUT2D eigenvalue weighted by Gasteiger charge is 2.26. The van der Waals surface area contributed by atoms with Crippen LogP contribution in [0.3, 0.4) is 0 Å². The zero-order chi connectivity index (χ0) is 14.1. The summed E-state index contributed by atoms with van der Waals surface area (Å²) in [5.74, 6) is -0.206. The maximum absolute atomic E-state index is 10.2. The second-order valence-electron chi connectivity index (χ2n) is 4.18. The Morgan fingerprint density at radius 1 is 1.05 bits per heavy atom. The van der Waals surface area contributed by atoms with Crippen molar-refractivity contribution in [2.24, 2.45) is 0 Å². The fourth-order valence-corrected chi connectivity index (χ4v) is 2.93. The van der Waals surface area contributed by atoms with Gasteiger partial charge in [0.1, 0.15) is 0 Å². The maximum atomic E-state index is 10.2. The summed E-state index contributed by atoms with van der Waals surface area (Å²) in [5.41, 5.74) is 0.554. The van der Waals surface area contributed by atoms with Gasteiger partial charge in [-0.05, 0) is 36.2 Å².